The molecule has 0 radical (unpaired) electrons. The van der Waals surface area contributed by atoms with E-state index in [1.54, 1.807) is 19.1 Å². The Kier molecular flexibility index (Phi) is 7.32. The van der Waals surface area contributed by atoms with Crippen molar-refractivity contribution in [2.75, 3.05) is 0 Å². The van der Waals surface area contributed by atoms with Gasteiger partial charge >= 0.3 is 5.97 Å². The van der Waals surface area contributed by atoms with Gasteiger partial charge < -0.3 is 20.3 Å². The number of allylic oxidation sites excluding steroid dienone is 1. The second kappa shape index (κ2) is 10.0. The van der Waals surface area contributed by atoms with Crippen LogP contribution in [0.2, 0.25) is 0 Å². The molecular formula is C30H37NO6. The van der Waals surface area contributed by atoms with Crippen LogP contribution in [-0.2, 0) is 25.5 Å². The smallest absolute Gasteiger partial charge is 0.303 e. The van der Waals surface area contributed by atoms with Crippen LogP contribution in [0, 0.1) is 29.1 Å². The number of carbonyl (C=O) groups excluding carboxylic acids is 3. The molecule has 9 atom stereocenters. The third-order valence-electron chi connectivity index (χ3n) is 8.53. The number of ether oxygens (including phenoxy) is 1. The van der Waals surface area contributed by atoms with Gasteiger partial charge in [0.2, 0.25) is 5.91 Å². The molecule has 1 saturated heterocycles. The predicted molar refractivity (Wildman–Crippen MR) is 139 cm³/mol. The fourth-order valence-electron chi connectivity index (χ4n) is 6.68. The standard InChI is InChI=1S/C30H37NO6/c1-17-10-9-13-22-26(33)19(3)18(2)25-23(16-21-11-7-6-8-12-21)31-28(35)30(22,25)24(37-20(4)32)14-15-29(5,36)27(17)34/h6-9,11-15,17-18,22-26,33,36H,3,10,16H2,1-2,4-5H3,(H,31,35)/t17-,18+,22-,23-,24?,25-,26+,29?,30?/m0/s1. The van der Waals surface area contributed by atoms with Gasteiger partial charge in [-0.2, -0.15) is 0 Å². The Labute approximate surface area is 218 Å². The lowest BCUT2D eigenvalue weighted by Crippen LogP contribution is -2.60. The number of hydrogen-bond donors (Lipinski definition) is 3. The Morgan fingerprint density at radius 2 is 1.86 bits per heavy atom. The molecule has 37 heavy (non-hydrogen) atoms. The molecule has 0 aromatic heterocycles. The van der Waals surface area contributed by atoms with Crippen LogP contribution < -0.4 is 5.32 Å². The van der Waals surface area contributed by atoms with Gasteiger partial charge in [-0.3, -0.25) is 14.4 Å². The number of hydrogen-bond acceptors (Lipinski definition) is 6. The number of ketones is 1. The maximum absolute atomic E-state index is 14.2. The summed E-state index contributed by atoms with van der Waals surface area (Å²) in [5, 5.41) is 25.7. The highest BCUT2D eigenvalue weighted by molar-refractivity contribution is 5.91. The van der Waals surface area contributed by atoms with Gasteiger partial charge in [-0.15, -0.1) is 0 Å². The summed E-state index contributed by atoms with van der Waals surface area (Å²) in [5.74, 6) is -3.26. The Morgan fingerprint density at radius 1 is 1.19 bits per heavy atom. The Bertz CT molecular complexity index is 1140. The first-order chi connectivity index (χ1) is 17.4. The molecule has 0 bridgehead atoms. The van der Waals surface area contributed by atoms with Gasteiger partial charge in [0.1, 0.15) is 17.1 Å². The number of esters is 1. The monoisotopic (exact) mass is 507 g/mol. The molecule has 2 fully saturated rings. The maximum Gasteiger partial charge on any atom is 0.303 e. The number of Topliss-reactive ketones (excluding diaryl/α,β-unsaturated/α-hetero) is 1. The van der Waals surface area contributed by atoms with E-state index in [-0.39, 0.29) is 23.7 Å². The summed E-state index contributed by atoms with van der Waals surface area (Å²) in [7, 11) is 0. The second-order valence-electron chi connectivity index (χ2n) is 11.0. The molecule has 1 saturated carbocycles. The average molecular weight is 508 g/mol. The quantitative estimate of drug-likeness (QED) is 0.428. The summed E-state index contributed by atoms with van der Waals surface area (Å²) in [5.41, 5.74) is -1.55. The molecule has 1 amide bonds. The Hall–Kier alpha value is -3.03. The summed E-state index contributed by atoms with van der Waals surface area (Å²) in [6.45, 7) is 10.5. The molecule has 7 nitrogen and oxygen atoms in total. The number of amides is 1. The van der Waals surface area contributed by atoms with E-state index in [1.165, 1.54) is 26.0 Å². The van der Waals surface area contributed by atoms with Gasteiger partial charge in [-0.05, 0) is 49.0 Å². The van der Waals surface area contributed by atoms with Gasteiger partial charge in [0.25, 0.3) is 0 Å². The molecule has 1 aromatic rings. The zero-order valence-corrected chi connectivity index (χ0v) is 21.9. The lowest BCUT2D eigenvalue weighted by molar-refractivity contribution is -0.166. The second-order valence-corrected chi connectivity index (χ2v) is 11.0. The summed E-state index contributed by atoms with van der Waals surface area (Å²) in [6.07, 6.45) is 5.01. The van der Waals surface area contributed by atoms with Crippen LogP contribution in [0.4, 0.5) is 0 Å². The minimum atomic E-state index is -1.82. The van der Waals surface area contributed by atoms with E-state index >= 15 is 0 Å². The molecule has 2 aliphatic carbocycles. The third kappa shape index (κ3) is 4.59. The fraction of sp³-hybridized carbons (Fsp3) is 0.500. The van der Waals surface area contributed by atoms with Crippen LogP contribution in [0.15, 0.2) is 66.8 Å². The van der Waals surface area contributed by atoms with Crippen LogP contribution in [0.5, 0.6) is 0 Å². The van der Waals surface area contributed by atoms with Crippen molar-refractivity contribution in [1.29, 1.82) is 0 Å². The number of nitrogens with one attached hydrogen (secondary N) is 1. The molecule has 1 aromatic carbocycles. The molecular weight excluding hydrogens is 470 g/mol. The molecule has 4 rings (SSSR count). The SMILES string of the molecule is C=C1[C@@H](C)[C@H]2[C@H](Cc3ccccc3)NC(=O)C23C(OC(C)=O)C=CC(C)(O)C(=O)[C@@H](C)CC=C[C@H]3[C@@H]1O. The number of rotatable bonds is 3. The van der Waals surface area contributed by atoms with Crippen LogP contribution >= 0.6 is 0 Å². The minimum absolute atomic E-state index is 0.287. The predicted octanol–water partition coefficient (Wildman–Crippen LogP) is 2.92. The lowest BCUT2D eigenvalue weighted by Gasteiger charge is -2.52. The van der Waals surface area contributed by atoms with Crippen molar-refractivity contribution < 1.29 is 29.3 Å². The van der Waals surface area contributed by atoms with E-state index in [0.717, 1.165) is 5.56 Å². The largest absolute Gasteiger partial charge is 0.457 e. The molecule has 3 unspecified atom stereocenters. The Morgan fingerprint density at radius 3 is 2.51 bits per heavy atom. The number of benzene rings is 1. The van der Waals surface area contributed by atoms with Gasteiger partial charge in [0.05, 0.1) is 6.10 Å². The van der Waals surface area contributed by atoms with Crippen molar-refractivity contribution >= 4 is 17.7 Å². The molecule has 3 N–H and O–H groups in total. The number of aliphatic hydroxyl groups is 2. The van der Waals surface area contributed by atoms with Gasteiger partial charge in [-0.25, -0.2) is 0 Å². The van der Waals surface area contributed by atoms with Crippen molar-refractivity contribution in [3.8, 4) is 0 Å². The topological polar surface area (TPSA) is 113 Å². The highest BCUT2D eigenvalue weighted by Gasteiger charge is 2.68. The highest BCUT2D eigenvalue weighted by Crippen LogP contribution is 2.58. The van der Waals surface area contributed by atoms with E-state index < -0.39 is 46.9 Å². The van der Waals surface area contributed by atoms with Gasteiger partial charge in [-0.1, -0.05) is 62.9 Å². The van der Waals surface area contributed by atoms with Crippen LogP contribution in [0.25, 0.3) is 0 Å². The molecule has 7 heteroatoms. The van der Waals surface area contributed by atoms with Crippen molar-refractivity contribution in [3.05, 3.63) is 72.4 Å². The summed E-state index contributed by atoms with van der Waals surface area (Å²) in [4.78, 5) is 39.5. The van der Waals surface area contributed by atoms with Gasteiger partial charge in [0, 0.05) is 30.7 Å². The van der Waals surface area contributed by atoms with Crippen LogP contribution in [-0.4, -0.2) is 51.7 Å². The summed E-state index contributed by atoms with van der Waals surface area (Å²) in [6, 6.07) is 9.49. The van der Waals surface area contributed by atoms with Crippen molar-refractivity contribution in [2.24, 2.45) is 29.1 Å². The Balaban J connectivity index is 1.94. The summed E-state index contributed by atoms with van der Waals surface area (Å²) >= 11 is 0. The van der Waals surface area contributed by atoms with E-state index in [4.69, 9.17) is 4.74 Å². The van der Waals surface area contributed by atoms with E-state index in [2.05, 4.69) is 11.9 Å². The molecule has 1 aliphatic heterocycles. The van der Waals surface area contributed by atoms with Gasteiger partial charge in [0.15, 0.2) is 5.78 Å². The summed E-state index contributed by atoms with van der Waals surface area (Å²) < 4.78 is 5.81. The highest BCUT2D eigenvalue weighted by atomic mass is 16.5. The molecule has 3 aliphatic rings. The van der Waals surface area contributed by atoms with Crippen LogP contribution in [0.3, 0.4) is 0 Å². The first-order valence-corrected chi connectivity index (χ1v) is 12.9. The first kappa shape index (κ1) is 27.0. The van der Waals surface area contributed by atoms with Crippen molar-refractivity contribution in [1.82, 2.24) is 5.32 Å². The first-order valence-electron chi connectivity index (χ1n) is 12.9. The molecule has 1 spiro atoms. The lowest BCUT2D eigenvalue weighted by atomic mass is 9.51. The minimum Gasteiger partial charge on any atom is -0.457 e. The molecule has 198 valence electrons. The molecule has 1 heterocycles. The normalized spacial score (nSPS) is 39.8. The van der Waals surface area contributed by atoms with E-state index in [1.807, 2.05) is 37.3 Å². The van der Waals surface area contributed by atoms with E-state index in [0.29, 0.717) is 18.4 Å². The van der Waals surface area contributed by atoms with Crippen molar-refractivity contribution in [3.63, 3.8) is 0 Å². The maximum atomic E-state index is 14.2. The third-order valence-corrected chi connectivity index (χ3v) is 8.53. The van der Waals surface area contributed by atoms with Crippen molar-refractivity contribution in [2.45, 2.75) is 64.4 Å². The van der Waals surface area contributed by atoms with E-state index in [9.17, 15) is 24.6 Å². The zero-order valence-electron chi connectivity index (χ0n) is 21.9. The number of carbonyl (C=O) groups is 3. The number of aliphatic hydroxyl groups excluding tert-OH is 1. The zero-order chi connectivity index (χ0) is 27.1. The fourth-order valence-corrected chi connectivity index (χ4v) is 6.68. The average Bonchev–Trinajstić information content (AvgIpc) is 3.13. The van der Waals surface area contributed by atoms with Crippen LogP contribution in [0.1, 0.15) is 39.7 Å².